The quantitative estimate of drug-likeness (QED) is 0.745. The maximum atomic E-state index is 5.80. The van der Waals surface area contributed by atoms with Gasteiger partial charge in [0.25, 0.3) is 0 Å². The molecule has 16 heavy (non-hydrogen) atoms. The van der Waals surface area contributed by atoms with Crippen LogP contribution in [-0.2, 0) is 4.74 Å². The fourth-order valence-electron chi connectivity index (χ4n) is 2.13. The van der Waals surface area contributed by atoms with Crippen molar-refractivity contribution in [1.82, 2.24) is 5.32 Å². The van der Waals surface area contributed by atoms with E-state index in [0.29, 0.717) is 16.9 Å². The first-order valence-electron chi connectivity index (χ1n) is 6.57. The van der Waals surface area contributed by atoms with Gasteiger partial charge in [0.1, 0.15) is 0 Å². The van der Waals surface area contributed by atoms with Crippen molar-refractivity contribution in [2.24, 2.45) is 0 Å². The lowest BCUT2D eigenvalue weighted by Crippen LogP contribution is -2.49. The smallest absolute Gasteiger partial charge is 0.0636 e. The molecule has 96 valence electrons. The molecule has 0 spiro atoms. The lowest BCUT2D eigenvalue weighted by Gasteiger charge is -2.34. The minimum absolute atomic E-state index is 0.334. The molecule has 1 heterocycles. The lowest BCUT2D eigenvalue weighted by atomic mass is 9.96. The maximum absolute atomic E-state index is 5.80. The number of thioether (sulfide) groups is 1. The van der Waals surface area contributed by atoms with E-state index in [9.17, 15) is 0 Å². The number of hydrogen-bond acceptors (Lipinski definition) is 3. The maximum Gasteiger partial charge on any atom is 0.0636 e. The van der Waals surface area contributed by atoms with Crippen molar-refractivity contribution >= 4 is 11.8 Å². The van der Waals surface area contributed by atoms with Gasteiger partial charge in [-0.3, -0.25) is 0 Å². The van der Waals surface area contributed by atoms with Gasteiger partial charge in [-0.2, -0.15) is 11.8 Å². The largest absolute Gasteiger partial charge is 0.377 e. The summed E-state index contributed by atoms with van der Waals surface area (Å²) in [6.45, 7) is 10.8. The van der Waals surface area contributed by atoms with Crippen LogP contribution >= 0.6 is 11.8 Å². The molecule has 1 rings (SSSR count). The first-order chi connectivity index (χ1) is 7.58. The molecule has 3 heteroatoms. The third kappa shape index (κ3) is 4.27. The highest BCUT2D eigenvalue weighted by molar-refractivity contribution is 8.00. The fraction of sp³-hybridized carbons (Fsp3) is 1.00. The molecule has 1 fully saturated rings. The fourth-order valence-corrected chi connectivity index (χ4v) is 3.53. The highest BCUT2D eigenvalue weighted by Crippen LogP contribution is 2.40. The molecular weight excluding hydrogens is 218 g/mol. The minimum atomic E-state index is 0.334. The number of rotatable bonds is 7. The van der Waals surface area contributed by atoms with Crippen LogP contribution in [0.15, 0.2) is 0 Å². The second kappa shape index (κ2) is 6.87. The Balaban J connectivity index is 2.48. The van der Waals surface area contributed by atoms with Crippen molar-refractivity contribution in [1.29, 1.82) is 0 Å². The van der Waals surface area contributed by atoms with Crippen LogP contribution < -0.4 is 5.32 Å². The molecule has 2 unspecified atom stereocenters. The lowest BCUT2D eigenvalue weighted by molar-refractivity contribution is 0.0538. The van der Waals surface area contributed by atoms with E-state index in [4.69, 9.17) is 4.74 Å². The topological polar surface area (TPSA) is 21.3 Å². The van der Waals surface area contributed by atoms with Gasteiger partial charge in [-0.05, 0) is 52.3 Å². The molecule has 0 radical (unpaired) electrons. The zero-order valence-corrected chi connectivity index (χ0v) is 12.0. The Hall–Kier alpha value is 0.270. The van der Waals surface area contributed by atoms with Crippen molar-refractivity contribution in [2.45, 2.75) is 63.9 Å². The Morgan fingerprint density at radius 3 is 2.69 bits per heavy atom. The molecule has 0 bridgehead atoms. The van der Waals surface area contributed by atoms with Crippen molar-refractivity contribution in [2.75, 3.05) is 18.9 Å². The first kappa shape index (κ1) is 14.3. The second-order valence-electron chi connectivity index (χ2n) is 5.15. The summed E-state index contributed by atoms with van der Waals surface area (Å²) in [5.74, 6) is 1.31. The summed E-state index contributed by atoms with van der Waals surface area (Å²) in [6, 6.07) is 0.502. The third-order valence-corrected chi connectivity index (χ3v) is 4.86. The van der Waals surface area contributed by atoms with Crippen LogP contribution in [0.4, 0.5) is 0 Å². The first-order valence-corrected chi connectivity index (χ1v) is 7.56. The summed E-state index contributed by atoms with van der Waals surface area (Å²) in [6.07, 6.45) is 4.20. The van der Waals surface area contributed by atoms with Gasteiger partial charge in [0.15, 0.2) is 0 Å². The number of hydrogen-bond donors (Lipinski definition) is 1. The normalized spacial score (nSPS) is 27.6. The van der Waals surface area contributed by atoms with Gasteiger partial charge in [-0.15, -0.1) is 0 Å². The Morgan fingerprint density at radius 1 is 1.44 bits per heavy atom. The molecule has 1 N–H and O–H groups in total. The average Bonchev–Trinajstić information content (AvgIpc) is 2.65. The second-order valence-corrected chi connectivity index (χ2v) is 6.78. The van der Waals surface area contributed by atoms with E-state index in [1.165, 1.54) is 25.0 Å². The van der Waals surface area contributed by atoms with Crippen LogP contribution in [-0.4, -0.2) is 35.8 Å². The molecule has 1 aliphatic heterocycles. The molecular formula is C13H27NOS. The summed E-state index contributed by atoms with van der Waals surface area (Å²) in [4.78, 5) is 0. The van der Waals surface area contributed by atoms with Crippen molar-refractivity contribution < 1.29 is 4.74 Å². The summed E-state index contributed by atoms with van der Waals surface area (Å²) in [5, 5.41) is 3.66. The van der Waals surface area contributed by atoms with Gasteiger partial charge in [0, 0.05) is 10.8 Å². The van der Waals surface area contributed by atoms with Gasteiger partial charge in [-0.25, -0.2) is 0 Å². The van der Waals surface area contributed by atoms with Crippen LogP contribution in [0.1, 0.15) is 47.0 Å². The number of ether oxygens (including phenoxy) is 1. The average molecular weight is 245 g/mol. The van der Waals surface area contributed by atoms with Crippen molar-refractivity contribution in [3.8, 4) is 0 Å². The molecule has 2 atom stereocenters. The summed E-state index contributed by atoms with van der Waals surface area (Å²) >= 11 is 2.11. The van der Waals surface area contributed by atoms with E-state index >= 15 is 0 Å². The predicted octanol–water partition coefficient (Wildman–Crippen LogP) is 3.07. The van der Waals surface area contributed by atoms with Gasteiger partial charge >= 0.3 is 0 Å². The molecule has 0 aromatic carbocycles. The minimum Gasteiger partial charge on any atom is -0.377 e. The van der Waals surface area contributed by atoms with E-state index in [1.807, 2.05) is 0 Å². The number of nitrogens with one attached hydrogen (secondary N) is 1. The van der Waals surface area contributed by atoms with Gasteiger partial charge in [0.05, 0.1) is 12.7 Å². The van der Waals surface area contributed by atoms with Gasteiger partial charge in [0.2, 0.25) is 0 Å². The summed E-state index contributed by atoms with van der Waals surface area (Å²) in [5.41, 5.74) is 0. The Morgan fingerprint density at radius 2 is 2.19 bits per heavy atom. The monoisotopic (exact) mass is 245 g/mol. The van der Waals surface area contributed by atoms with E-state index in [2.05, 4.69) is 44.8 Å². The predicted molar refractivity (Wildman–Crippen MR) is 73.3 cm³/mol. The zero-order valence-electron chi connectivity index (χ0n) is 11.2. The zero-order chi connectivity index (χ0) is 12.0. The summed E-state index contributed by atoms with van der Waals surface area (Å²) < 4.78 is 6.18. The molecule has 0 aliphatic carbocycles. The van der Waals surface area contributed by atoms with Gasteiger partial charge in [-0.1, -0.05) is 6.92 Å². The van der Waals surface area contributed by atoms with Crippen LogP contribution in [0.5, 0.6) is 0 Å². The van der Waals surface area contributed by atoms with E-state index < -0.39 is 0 Å². The third-order valence-electron chi connectivity index (χ3n) is 3.22. The van der Waals surface area contributed by atoms with E-state index in [1.54, 1.807) is 0 Å². The Kier molecular flexibility index (Phi) is 6.16. The van der Waals surface area contributed by atoms with Crippen molar-refractivity contribution in [3.05, 3.63) is 0 Å². The molecule has 0 saturated carbocycles. The Bertz CT molecular complexity index is 190. The molecule has 0 aromatic rings. The van der Waals surface area contributed by atoms with Crippen LogP contribution in [0.3, 0.4) is 0 Å². The van der Waals surface area contributed by atoms with Crippen LogP contribution in [0.2, 0.25) is 0 Å². The molecule has 2 nitrogen and oxygen atoms in total. The van der Waals surface area contributed by atoms with Crippen LogP contribution in [0, 0.1) is 0 Å². The summed E-state index contributed by atoms with van der Waals surface area (Å²) in [7, 11) is 0. The standard InChI is InChI=1S/C13H27NOS/c1-5-8-14-12(10-15-11(2)3)13(4)7-6-9-16-13/h11-12,14H,5-10H2,1-4H3. The molecule has 1 aliphatic rings. The van der Waals surface area contributed by atoms with E-state index in [-0.39, 0.29) is 0 Å². The SMILES string of the molecule is CCCNC(COC(C)C)C1(C)CCCS1. The molecule has 1 saturated heterocycles. The van der Waals surface area contributed by atoms with Crippen molar-refractivity contribution in [3.63, 3.8) is 0 Å². The van der Waals surface area contributed by atoms with Gasteiger partial charge < -0.3 is 10.1 Å². The van der Waals surface area contributed by atoms with Crippen LogP contribution in [0.25, 0.3) is 0 Å². The highest BCUT2D eigenvalue weighted by Gasteiger charge is 2.37. The highest BCUT2D eigenvalue weighted by atomic mass is 32.2. The molecule has 0 amide bonds. The Labute approximate surface area is 105 Å². The molecule has 0 aromatic heterocycles. The van der Waals surface area contributed by atoms with E-state index in [0.717, 1.165) is 13.2 Å².